The fourth-order valence-corrected chi connectivity index (χ4v) is 2.51. The predicted octanol–water partition coefficient (Wildman–Crippen LogP) is 2.34. The van der Waals surface area contributed by atoms with Crippen LogP contribution in [0.1, 0.15) is 45.7 Å². The minimum atomic E-state index is -0.409. The normalized spacial score (nSPS) is 13.1. The van der Waals surface area contributed by atoms with Crippen LogP contribution in [0, 0.1) is 4.77 Å². The van der Waals surface area contributed by atoms with Crippen LogP contribution in [0.4, 0.5) is 0 Å². The van der Waals surface area contributed by atoms with E-state index in [4.69, 9.17) is 12.2 Å². The van der Waals surface area contributed by atoms with Crippen LogP contribution in [0.2, 0.25) is 0 Å². The van der Waals surface area contributed by atoms with Crippen molar-refractivity contribution < 1.29 is 5.11 Å². The average Bonchev–Trinajstić information content (AvgIpc) is 2.49. The average molecular weight is 326 g/mol. The molecular weight excluding hydrogens is 300 g/mol. The number of likely N-dealkylation sites (N-methyl/N-ethyl adjacent to an activating group) is 1. The number of nitrogens with one attached hydrogen (secondary N) is 1. The Kier molecular flexibility index (Phi) is 7.47. The van der Waals surface area contributed by atoms with Gasteiger partial charge in [-0.25, -0.2) is 0 Å². The second kappa shape index (κ2) is 8.85. The van der Waals surface area contributed by atoms with Crippen LogP contribution in [-0.4, -0.2) is 52.0 Å². The first-order chi connectivity index (χ1) is 10.5. The molecule has 0 aliphatic heterocycles. The topological polar surface area (TPSA) is 73.6 Å². The van der Waals surface area contributed by atoms with Crippen LogP contribution in [0.5, 0.6) is 5.88 Å². The summed E-state index contributed by atoms with van der Waals surface area (Å²) < 4.78 is 1.79. The van der Waals surface area contributed by atoms with Gasteiger partial charge in [-0.2, -0.15) is 0 Å². The SMILES string of the molecule is CC[C@H](C)n1c(O)c(C=NCCN(CC)CC)c(=O)[nH]c1=S. The molecule has 2 N–H and O–H groups in total. The molecule has 0 saturated heterocycles. The van der Waals surface area contributed by atoms with Crippen LogP contribution in [-0.2, 0) is 0 Å². The summed E-state index contributed by atoms with van der Waals surface area (Å²) in [6.45, 7) is 11.5. The molecule has 1 rings (SSSR count). The summed E-state index contributed by atoms with van der Waals surface area (Å²) in [7, 11) is 0. The molecule has 1 heterocycles. The first-order valence-corrected chi connectivity index (χ1v) is 8.16. The molecule has 1 aromatic rings. The third kappa shape index (κ3) is 4.51. The highest BCUT2D eigenvalue weighted by Crippen LogP contribution is 2.19. The Hall–Kier alpha value is -1.47. The molecule has 0 unspecified atom stereocenters. The zero-order chi connectivity index (χ0) is 16.7. The molecule has 6 nitrogen and oxygen atoms in total. The van der Waals surface area contributed by atoms with Gasteiger partial charge < -0.3 is 10.0 Å². The molecule has 124 valence electrons. The molecular formula is C15H26N4O2S. The number of hydrogen-bond donors (Lipinski definition) is 2. The lowest BCUT2D eigenvalue weighted by molar-refractivity contribution is 0.313. The van der Waals surface area contributed by atoms with E-state index < -0.39 is 5.56 Å². The van der Waals surface area contributed by atoms with Gasteiger partial charge in [0.25, 0.3) is 5.56 Å². The Bertz CT molecular complexity index is 617. The third-order valence-corrected chi connectivity index (χ3v) is 4.14. The van der Waals surface area contributed by atoms with Gasteiger partial charge in [0.2, 0.25) is 5.88 Å². The first kappa shape index (κ1) is 18.6. The van der Waals surface area contributed by atoms with Gasteiger partial charge in [-0.05, 0) is 38.7 Å². The lowest BCUT2D eigenvalue weighted by Crippen LogP contribution is -2.26. The van der Waals surface area contributed by atoms with Gasteiger partial charge in [-0.3, -0.25) is 19.3 Å². The van der Waals surface area contributed by atoms with Gasteiger partial charge in [0, 0.05) is 18.8 Å². The van der Waals surface area contributed by atoms with Crippen molar-refractivity contribution in [3.05, 3.63) is 20.7 Å². The Morgan fingerprint density at radius 2 is 2.05 bits per heavy atom. The smallest absolute Gasteiger partial charge is 0.264 e. The summed E-state index contributed by atoms with van der Waals surface area (Å²) in [5.41, 5.74) is -0.248. The van der Waals surface area contributed by atoms with E-state index in [0.29, 0.717) is 6.54 Å². The molecule has 0 fully saturated rings. The maximum absolute atomic E-state index is 12.0. The summed E-state index contributed by atoms with van der Waals surface area (Å²) in [6, 6.07) is 0.00664. The van der Waals surface area contributed by atoms with E-state index in [-0.39, 0.29) is 22.3 Å². The molecule has 0 bridgehead atoms. The van der Waals surface area contributed by atoms with E-state index in [2.05, 4.69) is 28.7 Å². The van der Waals surface area contributed by atoms with Crippen molar-refractivity contribution in [1.29, 1.82) is 0 Å². The van der Waals surface area contributed by atoms with Gasteiger partial charge in [0.1, 0.15) is 5.56 Å². The fraction of sp³-hybridized carbons (Fsp3) is 0.667. The van der Waals surface area contributed by atoms with Crippen molar-refractivity contribution in [3.8, 4) is 5.88 Å². The van der Waals surface area contributed by atoms with Crippen molar-refractivity contribution in [1.82, 2.24) is 14.5 Å². The van der Waals surface area contributed by atoms with Gasteiger partial charge in [0.15, 0.2) is 4.77 Å². The minimum Gasteiger partial charge on any atom is -0.494 e. The van der Waals surface area contributed by atoms with E-state index in [0.717, 1.165) is 26.1 Å². The van der Waals surface area contributed by atoms with E-state index in [9.17, 15) is 9.90 Å². The summed E-state index contributed by atoms with van der Waals surface area (Å²) in [4.78, 5) is 21.1. The molecule has 22 heavy (non-hydrogen) atoms. The zero-order valence-corrected chi connectivity index (χ0v) is 14.6. The fourth-order valence-electron chi connectivity index (χ4n) is 2.15. The highest BCUT2D eigenvalue weighted by atomic mass is 32.1. The molecule has 7 heteroatoms. The Balaban J connectivity index is 3.00. The molecule has 0 aliphatic carbocycles. The zero-order valence-electron chi connectivity index (χ0n) is 13.8. The quantitative estimate of drug-likeness (QED) is 0.568. The highest BCUT2D eigenvalue weighted by molar-refractivity contribution is 7.71. The van der Waals surface area contributed by atoms with E-state index in [1.165, 1.54) is 6.21 Å². The molecule has 0 aromatic carbocycles. The van der Waals surface area contributed by atoms with Crippen molar-refractivity contribution in [2.75, 3.05) is 26.2 Å². The molecule has 0 aliphatic rings. The van der Waals surface area contributed by atoms with Gasteiger partial charge >= 0.3 is 0 Å². The van der Waals surface area contributed by atoms with Crippen LogP contribution < -0.4 is 5.56 Å². The lowest BCUT2D eigenvalue weighted by atomic mass is 10.2. The summed E-state index contributed by atoms with van der Waals surface area (Å²) in [5, 5.41) is 10.3. The monoisotopic (exact) mass is 326 g/mol. The Morgan fingerprint density at radius 3 is 2.59 bits per heavy atom. The number of aromatic nitrogens is 2. The summed E-state index contributed by atoms with van der Waals surface area (Å²) >= 11 is 5.13. The van der Waals surface area contributed by atoms with Crippen LogP contribution in [0.3, 0.4) is 0 Å². The minimum absolute atomic E-state index is 0.00664. The Morgan fingerprint density at radius 1 is 1.41 bits per heavy atom. The number of nitrogens with zero attached hydrogens (tertiary/aromatic N) is 3. The van der Waals surface area contributed by atoms with Crippen LogP contribution >= 0.6 is 12.2 Å². The van der Waals surface area contributed by atoms with E-state index in [1.807, 2.05) is 13.8 Å². The van der Waals surface area contributed by atoms with Crippen LogP contribution in [0.15, 0.2) is 9.79 Å². The van der Waals surface area contributed by atoms with E-state index >= 15 is 0 Å². The van der Waals surface area contributed by atoms with Crippen molar-refractivity contribution >= 4 is 18.4 Å². The predicted molar refractivity (Wildman–Crippen MR) is 92.8 cm³/mol. The maximum atomic E-state index is 12.0. The van der Waals surface area contributed by atoms with Crippen molar-refractivity contribution in [3.63, 3.8) is 0 Å². The molecule has 1 aromatic heterocycles. The Labute approximate surface area is 136 Å². The first-order valence-electron chi connectivity index (χ1n) is 7.76. The number of hydrogen-bond acceptors (Lipinski definition) is 5. The maximum Gasteiger partial charge on any atom is 0.264 e. The van der Waals surface area contributed by atoms with Crippen LogP contribution in [0.25, 0.3) is 0 Å². The summed E-state index contributed by atoms with van der Waals surface area (Å²) in [6.07, 6.45) is 2.23. The molecule has 0 saturated carbocycles. The lowest BCUT2D eigenvalue weighted by Gasteiger charge is -2.17. The second-order valence-electron chi connectivity index (χ2n) is 5.19. The van der Waals surface area contributed by atoms with Gasteiger partial charge in [0.05, 0.1) is 6.54 Å². The standard InChI is InChI=1S/C15H26N4O2S/c1-5-11(4)19-14(21)12(13(20)17-15(19)22)10-16-8-9-18(6-2)7-3/h10-11,21H,5-9H2,1-4H3,(H,17,20,22)/t11-/m0/s1. The second-order valence-corrected chi connectivity index (χ2v) is 5.57. The summed E-state index contributed by atoms with van der Waals surface area (Å²) in [5.74, 6) is -0.116. The molecule has 0 amide bonds. The van der Waals surface area contributed by atoms with Crippen molar-refractivity contribution in [2.45, 2.75) is 40.2 Å². The van der Waals surface area contributed by atoms with Crippen molar-refractivity contribution in [2.24, 2.45) is 4.99 Å². The third-order valence-electron chi connectivity index (χ3n) is 3.84. The number of aromatic amines is 1. The number of aliphatic imine (C=N–C) groups is 1. The van der Waals surface area contributed by atoms with Gasteiger partial charge in [-0.1, -0.05) is 20.8 Å². The van der Waals surface area contributed by atoms with Gasteiger partial charge in [-0.15, -0.1) is 0 Å². The molecule has 0 spiro atoms. The molecule has 1 atom stereocenters. The highest BCUT2D eigenvalue weighted by Gasteiger charge is 2.14. The number of H-pyrrole nitrogens is 1. The number of aromatic hydroxyl groups is 1. The number of rotatable bonds is 8. The van der Waals surface area contributed by atoms with E-state index in [1.54, 1.807) is 4.57 Å². The largest absolute Gasteiger partial charge is 0.494 e. The molecule has 0 radical (unpaired) electrons.